The van der Waals surface area contributed by atoms with E-state index in [1.165, 1.54) is 28.5 Å². The zero-order valence-corrected chi connectivity index (χ0v) is 23.7. The molecular formula is C30H27ClFN3O4S. The SMILES string of the molecule is CC(C)(C)[C@H]1CCc2c(sc(N=Cc3ccc(-c4ccc(F)c([N+](=O)[O-])c4)o3)c2C(=O)Nc2ccc(Cl)cc2)C1. The molecule has 1 N–H and O–H groups in total. The van der Waals surface area contributed by atoms with Gasteiger partial charge in [0.05, 0.1) is 16.7 Å². The Bertz CT molecular complexity index is 1620. The molecule has 10 heteroatoms. The number of hydrogen-bond donors (Lipinski definition) is 1. The predicted molar refractivity (Wildman–Crippen MR) is 157 cm³/mol. The number of nitro benzene ring substituents is 1. The first-order chi connectivity index (χ1) is 19.0. The highest BCUT2D eigenvalue weighted by atomic mass is 35.5. The van der Waals surface area contributed by atoms with Crippen LogP contribution in [-0.2, 0) is 12.8 Å². The number of furan rings is 1. The lowest BCUT2D eigenvalue weighted by atomic mass is 9.72. The fourth-order valence-electron chi connectivity index (χ4n) is 4.87. The van der Waals surface area contributed by atoms with E-state index in [2.05, 4.69) is 31.1 Å². The molecule has 2 aromatic heterocycles. The Morgan fingerprint density at radius 2 is 1.95 bits per heavy atom. The number of halogens is 2. The number of benzene rings is 2. The van der Waals surface area contributed by atoms with Crippen LogP contribution in [0.5, 0.6) is 0 Å². The van der Waals surface area contributed by atoms with E-state index in [0.29, 0.717) is 44.3 Å². The Balaban J connectivity index is 1.46. The van der Waals surface area contributed by atoms with Crippen LogP contribution in [0.25, 0.3) is 11.3 Å². The van der Waals surface area contributed by atoms with Gasteiger partial charge in [-0.25, -0.2) is 4.99 Å². The number of nitrogens with one attached hydrogen (secondary N) is 1. The van der Waals surface area contributed by atoms with Crippen molar-refractivity contribution < 1.29 is 18.5 Å². The molecular weight excluding hydrogens is 553 g/mol. The van der Waals surface area contributed by atoms with Gasteiger partial charge in [-0.05, 0) is 84.7 Å². The van der Waals surface area contributed by atoms with Gasteiger partial charge in [-0.3, -0.25) is 14.9 Å². The van der Waals surface area contributed by atoms with Crippen molar-refractivity contribution in [1.82, 2.24) is 0 Å². The van der Waals surface area contributed by atoms with Gasteiger partial charge < -0.3 is 9.73 Å². The first-order valence-corrected chi connectivity index (χ1v) is 14.0. The van der Waals surface area contributed by atoms with Crippen molar-refractivity contribution in [3.63, 3.8) is 0 Å². The molecule has 5 rings (SSSR count). The van der Waals surface area contributed by atoms with Crippen LogP contribution in [0.2, 0.25) is 5.02 Å². The van der Waals surface area contributed by atoms with Gasteiger partial charge in [-0.2, -0.15) is 4.39 Å². The van der Waals surface area contributed by atoms with E-state index in [9.17, 15) is 19.3 Å². The molecule has 2 heterocycles. The molecule has 1 amide bonds. The van der Waals surface area contributed by atoms with Crippen molar-refractivity contribution in [2.24, 2.45) is 16.3 Å². The van der Waals surface area contributed by atoms with Crippen molar-refractivity contribution in [3.05, 3.63) is 97.3 Å². The molecule has 0 radical (unpaired) electrons. The van der Waals surface area contributed by atoms with Gasteiger partial charge in [0.15, 0.2) is 0 Å². The highest BCUT2D eigenvalue weighted by Crippen LogP contribution is 2.45. The number of aliphatic imine (C=N–C) groups is 1. The quantitative estimate of drug-likeness (QED) is 0.140. The minimum absolute atomic E-state index is 0.150. The van der Waals surface area contributed by atoms with Crippen molar-refractivity contribution in [2.75, 3.05) is 5.32 Å². The molecule has 40 heavy (non-hydrogen) atoms. The Morgan fingerprint density at radius 1 is 1.20 bits per heavy atom. The maximum Gasteiger partial charge on any atom is 0.305 e. The number of carbonyl (C=O) groups excluding carboxylic acids is 1. The zero-order valence-electron chi connectivity index (χ0n) is 22.2. The van der Waals surface area contributed by atoms with Gasteiger partial charge >= 0.3 is 5.69 Å². The summed E-state index contributed by atoms with van der Waals surface area (Å²) in [6.45, 7) is 6.73. The molecule has 2 aromatic carbocycles. The van der Waals surface area contributed by atoms with Crippen LogP contribution in [0.3, 0.4) is 0 Å². The van der Waals surface area contributed by atoms with Crippen LogP contribution in [-0.4, -0.2) is 17.0 Å². The molecule has 206 valence electrons. The van der Waals surface area contributed by atoms with Crippen LogP contribution in [0.1, 0.15) is 53.8 Å². The fraction of sp³-hybridized carbons (Fsp3) is 0.267. The Kier molecular flexibility index (Phi) is 7.61. The number of anilines is 1. The van der Waals surface area contributed by atoms with E-state index >= 15 is 0 Å². The fourth-order valence-corrected chi connectivity index (χ4v) is 6.26. The molecule has 0 fully saturated rings. The van der Waals surface area contributed by atoms with Gasteiger partial charge in [0.2, 0.25) is 5.82 Å². The second-order valence-electron chi connectivity index (χ2n) is 10.8. The summed E-state index contributed by atoms with van der Waals surface area (Å²) in [7, 11) is 0. The average molecular weight is 580 g/mol. The van der Waals surface area contributed by atoms with Gasteiger partial charge in [0.1, 0.15) is 16.5 Å². The minimum atomic E-state index is -0.915. The largest absolute Gasteiger partial charge is 0.455 e. The van der Waals surface area contributed by atoms with Gasteiger partial charge in [0, 0.05) is 27.2 Å². The highest BCUT2D eigenvalue weighted by Gasteiger charge is 2.33. The van der Waals surface area contributed by atoms with E-state index < -0.39 is 16.4 Å². The molecule has 4 aromatic rings. The summed E-state index contributed by atoms with van der Waals surface area (Å²) in [6, 6.07) is 13.8. The number of fused-ring (bicyclic) bond motifs is 1. The van der Waals surface area contributed by atoms with Crippen LogP contribution in [0.15, 0.2) is 64.0 Å². The maximum absolute atomic E-state index is 13.8. The lowest BCUT2D eigenvalue weighted by Gasteiger charge is -2.33. The zero-order chi connectivity index (χ0) is 28.6. The molecule has 7 nitrogen and oxygen atoms in total. The molecule has 0 bridgehead atoms. The third-order valence-electron chi connectivity index (χ3n) is 7.16. The van der Waals surface area contributed by atoms with Crippen molar-refractivity contribution in [2.45, 2.75) is 40.0 Å². The van der Waals surface area contributed by atoms with E-state index in [4.69, 9.17) is 16.0 Å². The molecule has 0 saturated heterocycles. The Labute approximate surface area is 239 Å². The summed E-state index contributed by atoms with van der Waals surface area (Å²) in [5.74, 6) is 0.0746. The monoisotopic (exact) mass is 579 g/mol. The second-order valence-corrected chi connectivity index (χ2v) is 12.4. The summed E-state index contributed by atoms with van der Waals surface area (Å²) < 4.78 is 19.6. The number of nitro groups is 1. The first kappa shape index (κ1) is 27.7. The van der Waals surface area contributed by atoms with Crippen LogP contribution >= 0.6 is 22.9 Å². The van der Waals surface area contributed by atoms with Gasteiger partial charge in [-0.15, -0.1) is 11.3 Å². The van der Waals surface area contributed by atoms with Crippen LogP contribution in [0.4, 0.5) is 20.8 Å². The standard InChI is InChI=1S/C30H27ClFN3O4S/c1-30(2,3)18-5-11-22-26(15-18)40-29(27(22)28(36)34-20-8-6-19(31)7-9-20)33-16-21-10-13-25(39-21)17-4-12-23(32)24(14-17)35(37)38/h4,6-10,12-14,16,18H,5,11,15H2,1-3H3,(H,34,36)/t18-/m0/s1. The lowest BCUT2D eigenvalue weighted by Crippen LogP contribution is -2.27. The molecule has 0 saturated carbocycles. The molecule has 0 unspecified atom stereocenters. The smallest absolute Gasteiger partial charge is 0.305 e. The van der Waals surface area contributed by atoms with Crippen LogP contribution in [0, 0.1) is 27.3 Å². The Morgan fingerprint density at radius 3 is 2.65 bits per heavy atom. The molecule has 0 aliphatic heterocycles. The molecule has 1 aliphatic carbocycles. The third-order valence-corrected chi connectivity index (χ3v) is 8.58. The molecule has 0 spiro atoms. The number of carbonyl (C=O) groups is 1. The number of hydrogen-bond acceptors (Lipinski definition) is 6. The summed E-state index contributed by atoms with van der Waals surface area (Å²) in [4.78, 5) is 29.7. The molecule has 1 atom stereocenters. The van der Waals surface area contributed by atoms with E-state index in [1.54, 1.807) is 36.4 Å². The lowest BCUT2D eigenvalue weighted by molar-refractivity contribution is -0.387. The van der Waals surface area contributed by atoms with E-state index in [-0.39, 0.29) is 11.3 Å². The van der Waals surface area contributed by atoms with E-state index in [1.807, 2.05) is 0 Å². The Hall–Kier alpha value is -3.82. The molecule has 1 aliphatic rings. The summed E-state index contributed by atoms with van der Waals surface area (Å²) in [5.41, 5.74) is 2.12. The van der Waals surface area contributed by atoms with E-state index in [0.717, 1.165) is 37.0 Å². The predicted octanol–water partition coefficient (Wildman–Crippen LogP) is 8.86. The number of nitrogens with zero attached hydrogens (tertiary/aromatic N) is 2. The first-order valence-electron chi connectivity index (χ1n) is 12.8. The number of thiophene rings is 1. The van der Waals surface area contributed by atoms with Gasteiger partial charge in [0.25, 0.3) is 5.91 Å². The third kappa shape index (κ3) is 5.85. The second kappa shape index (κ2) is 11.0. The van der Waals surface area contributed by atoms with Crippen molar-refractivity contribution >= 4 is 51.4 Å². The summed E-state index contributed by atoms with van der Waals surface area (Å²) in [5, 5.41) is 15.3. The van der Waals surface area contributed by atoms with Gasteiger partial charge in [-0.1, -0.05) is 32.4 Å². The topological polar surface area (TPSA) is 97.7 Å². The van der Waals surface area contributed by atoms with Crippen molar-refractivity contribution in [1.29, 1.82) is 0 Å². The maximum atomic E-state index is 13.8. The normalized spacial score (nSPS) is 15.3. The summed E-state index contributed by atoms with van der Waals surface area (Å²) in [6.07, 6.45) is 4.19. The summed E-state index contributed by atoms with van der Waals surface area (Å²) >= 11 is 7.52. The minimum Gasteiger partial charge on any atom is -0.455 e. The van der Waals surface area contributed by atoms with Crippen molar-refractivity contribution in [3.8, 4) is 11.3 Å². The number of amides is 1. The van der Waals surface area contributed by atoms with Crippen LogP contribution < -0.4 is 5.32 Å². The highest BCUT2D eigenvalue weighted by molar-refractivity contribution is 7.16. The number of rotatable bonds is 6. The average Bonchev–Trinajstić information content (AvgIpc) is 3.52.